The highest BCUT2D eigenvalue weighted by Crippen LogP contribution is 2.39. The number of carbonyl (C=O) groups is 1. The van der Waals surface area contributed by atoms with Gasteiger partial charge >= 0.3 is 0 Å². The van der Waals surface area contributed by atoms with E-state index >= 15 is 0 Å². The van der Waals surface area contributed by atoms with Gasteiger partial charge in [0.2, 0.25) is 5.91 Å². The zero-order chi connectivity index (χ0) is 18.8. The number of aliphatic hydroxyl groups excluding tert-OH is 1. The number of aliphatic hydroxyl groups is 1. The summed E-state index contributed by atoms with van der Waals surface area (Å²) in [6.45, 7) is 0.718. The molecular weight excluding hydrogens is 362 g/mol. The summed E-state index contributed by atoms with van der Waals surface area (Å²) in [5.41, 5.74) is 3.28. The summed E-state index contributed by atoms with van der Waals surface area (Å²) >= 11 is 6.19. The van der Waals surface area contributed by atoms with E-state index < -0.39 is 0 Å². The van der Waals surface area contributed by atoms with Crippen LogP contribution in [0, 0.1) is 5.92 Å². The van der Waals surface area contributed by atoms with Gasteiger partial charge < -0.3 is 15.2 Å². The van der Waals surface area contributed by atoms with Crippen molar-refractivity contribution < 1.29 is 14.6 Å². The van der Waals surface area contributed by atoms with Crippen molar-refractivity contribution in [2.24, 2.45) is 5.92 Å². The Hall–Kier alpha value is -2.04. The predicted octanol–water partition coefficient (Wildman–Crippen LogP) is 3.84. The first kappa shape index (κ1) is 18.3. The van der Waals surface area contributed by atoms with Crippen LogP contribution < -0.4 is 10.1 Å². The molecule has 27 heavy (non-hydrogen) atoms. The second-order valence-corrected chi connectivity index (χ2v) is 7.89. The summed E-state index contributed by atoms with van der Waals surface area (Å²) in [6, 6.07) is 13.7. The molecule has 2 N–H and O–H groups in total. The Bertz CT molecular complexity index is 832. The number of carbonyl (C=O) groups excluding carboxylic acids is 1. The Labute approximate surface area is 164 Å². The van der Waals surface area contributed by atoms with Gasteiger partial charge in [-0.25, -0.2) is 0 Å². The third kappa shape index (κ3) is 4.12. The van der Waals surface area contributed by atoms with Crippen LogP contribution in [0.15, 0.2) is 42.5 Å². The smallest absolute Gasteiger partial charge is 0.220 e. The average Bonchev–Trinajstić information content (AvgIpc) is 3.11. The van der Waals surface area contributed by atoms with Gasteiger partial charge in [0.05, 0.1) is 18.8 Å². The third-order valence-corrected chi connectivity index (χ3v) is 5.96. The van der Waals surface area contributed by atoms with Crippen molar-refractivity contribution in [1.82, 2.24) is 5.32 Å². The van der Waals surface area contributed by atoms with Gasteiger partial charge in [-0.2, -0.15) is 0 Å². The molecule has 0 saturated heterocycles. The topological polar surface area (TPSA) is 58.6 Å². The zero-order valence-corrected chi connectivity index (χ0v) is 15.9. The van der Waals surface area contributed by atoms with Gasteiger partial charge in [-0.1, -0.05) is 35.9 Å². The van der Waals surface area contributed by atoms with Gasteiger partial charge in [0, 0.05) is 17.9 Å². The summed E-state index contributed by atoms with van der Waals surface area (Å²) in [5, 5.41) is 13.6. The van der Waals surface area contributed by atoms with Crippen LogP contribution in [0.25, 0.3) is 0 Å². The summed E-state index contributed by atoms with van der Waals surface area (Å²) in [7, 11) is 0. The molecule has 142 valence electrons. The molecule has 1 heterocycles. The second kappa shape index (κ2) is 7.91. The Morgan fingerprint density at radius 1 is 1.26 bits per heavy atom. The highest BCUT2D eigenvalue weighted by atomic mass is 35.5. The summed E-state index contributed by atoms with van der Waals surface area (Å²) in [5.74, 6) is 1.22. The number of hydrogen-bond acceptors (Lipinski definition) is 3. The van der Waals surface area contributed by atoms with Gasteiger partial charge in [0.25, 0.3) is 0 Å². The first-order valence-corrected chi connectivity index (χ1v) is 9.94. The molecule has 5 heteroatoms. The molecular formula is C22H24ClNO3. The fourth-order valence-corrected chi connectivity index (χ4v) is 4.20. The number of amides is 1. The molecule has 0 unspecified atom stereocenters. The van der Waals surface area contributed by atoms with Gasteiger partial charge in [-0.05, 0) is 60.1 Å². The number of benzene rings is 2. The van der Waals surface area contributed by atoms with Crippen LogP contribution in [-0.2, 0) is 17.6 Å². The molecule has 0 spiro atoms. The van der Waals surface area contributed by atoms with E-state index in [0.717, 1.165) is 42.7 Å². The summed E-state index contributed by atoms with van der Waals surface area (Å²) < 4.78 is 5.59. The minimum Gasteiger partial charge on any atom is -0.493 e. The molecule has 1 saturated carbocycles. The standard InChI is InChI=1S/C22H24ClNO3/c23-19-4-2-1-3-14(19)6-8-21(26)24-22(17-12-18(25)13-17)16-5-7-20-15(11-16)9-10-27-20/h1-5,7,11,17-18,22,25H,6,8-10,12-13H2,(H,24,26)/t17?,18?,22-/m1/s1. The van der Waals surface area contributed by atoms with E-state index in [4.69, 9.17) is 16.3 Å². The number of hydrogen-bond donors (Lipinski definition) is 2. The summed E-state index contributed by atoms with van der Waals surface area (Å²) in [6.07, 6.45) is 3.11. The van der Waals surface area contributed by atoms with Crippen molar-refractivity contribution in [2.75, 3.05) is 6.61 Å². The van der Waals surface area contributed by atoms with Crippen molar-refractivity contribution in [1.29, 1.82) is 0 Å². The van der Waals surface area contributed by atoms with E-state index in [1.165, 1.54) is 5.56 Å². The highest BCUT2D eigenvalue weighted by molar-refractivity contribution is 6.31. The third-order valence-electron chi connectivity index (χ3n) is 5.59. The van der Waals surface area contributed by atoms with Crippen molar-refractivity contribution in [3.05, 3.63) is 64.2 Å². The van der Waals surface area contributed by atoms with Crippen LogP contribution in [0.3, 0.4) is 0 Å². The fraction of sp³-hybridized carbons (Fsp3) is 0.409. The van der Waals surface area contributed by atoms with E-state index in [2.05, 4.69) is 11.4 Å². The molecule has 4 rings (SSSR count). The first-order chi connectivity index (χ1) is 13.1. The predicted molar refractivity (Wildman–Crippen MR) is 105 cm³/mol. The number of nitrogens with one attached hydrogen (secondary N) is 1. The molecule has 1 fully saturated rings. The largest absolute Gasteiger partial charge is 0.493 e. The molecule has 0 bridgehead atoms. The quantitative estimate of drug-likeness (QED) is 0.794. The minimum absolute atomic E-state index is 0.0121. The molecule has 0 aromatic heterocycles. The van der Waals surface area contributed by atoms with Gasteiger partial charge in [0.15, 0.2) is 0 Å². The van der Waals surface area contributed by atoms with Crippen LogP contribution in [0.1, 0.15) is 42.0 Å². The molecule has 1 aliphatic heterocycles. The van der Waals surface area contributed by atoms with Crippen LogP contribution in [0.2, 0.25) is 5.02 Å². The number of aryl methyl sites for hydroxylation is 1. The monoisotopic (exact) mass is 385 g/mol. The van der Waals surface area contributed by atoms with Crippen molar-refractivity contribution >= 4 is 17.5 Å². The first-order valence-electron chi connectivity index (χ1n) is 9.56. The highest BCUT2D eigenvalue weighted by Gasteiger charge is 2.36. The Balaban J connectivity index is 1.45. The normalized spacial score (nSPS) is 21.7. The molecule has 1 aliphatic carbocycles. The molecule has 0 radical (unpaired) electrons. The van der Waals surface area contributed by atoms with Crippen LogP contribution in [0.5, 0.6) is 5.75 Å². The van der Waals surface area contributed by atoms with Crippen LogP contribution >= 0.6 is 11.6 Å². The number of ether oxygens (including phenoxy) is 1. The second-order valence-electron chi connectivity index (χ2n) is 7.49. The molecule has 2 aliphatic rings. The number of fused-ring (bicyclic) bond motifs is 1. The van der Waals surface area contributed by atoms with Crippen molar-refractivity contribution in [3.63, 3.8) is 0 Å². The molecule has 4 nitrogen and oxygen atoms in total. The van der Waals surface area contributed by atoms with E-state index in [1.807, 2.05) is 36.4 Å². The molecule has 1 atom stereocenters. The Morgan fingerprint density at radius 3 is 2.85 bits per heavy atom. The van der Waals surface area contributed by atoms with E-state index in [-0.39, 0.29) is 24.0 Å². The van der Waals surface area contributed by atoms with E-state index in [0.29, 0.717) is 17.9 Å². The van der Waals surface area contributed by atoms with Crippen LogP contribution in [0.4, 0.5) is 0 Å². The lowest BCUT2D eigenvalue weighted by Gasteiger charge is -2.38. The number of halogens is 1. The minimum atomic E-state index is -0.254. The lowest BCUT2D eigenvalue weighted by atomic mass is 9.74. The van der Waals surface area contributed by atoms with Gasteiger partial charge in [0.1, 0.15) is 5.75 Å². The summed E-state index contributed by atoms with van der Waals surface area (Å²) in [4.78, 5) is 12.6. The molecule has 2 aromatic carbocycles. The van der Waals surface area contributed by atoms with Crippen molar-refractivity contribution in [3.8, 4) is 5.75 Å². The maximum atomic E-state index is 12.6. The average molecular weight is 386 g/mol. The lowest BCUT2D eigenvalue weighted by Crippen LogP contribution is -2.41. The van der Waals surface area contributed by atoms with Crippen molar-refractivity contribution in [2.45, 2.75) is 44.2 Å². The Kier molecular flexibility index (Phi) is 5.37. The number of rotatable bonds is 6. The zero-order valence-electron chi connectivity index (χ0n) is 15.2. The molecule has 2 aromatic rings. The molecule has 1 amide bonds. The van der Waals surface area contributed by atoms with Crippen LogP contribution in [-0.4, -0.2) is 23.7 Å². The van der Waals surface area contributed by atoms with Gasteiger partial charge in [-0.15, -0.1) is 0 Å². The maximum Gasteiger partial charge on any atom is 0.220 e. The Morgan fingerprint density at radius 2 is 2.07 bits per heavy atom. The lowest BCUT2D eigenvalue weighted by molar-refractivity contribution is -0.123. The van der Waals surface area contributed by atoms with Gasteiger partial charge in [-0.3, -0.25) is 4.79 Å². The van der Waals surface area contributed by atoms with E-state index in [9.17, 15) is 9.90 Å². The maximum absolute atomic E-state index is 12.6. The fourth-order valence-electron chi connectivity index (χ4n) is 3.97. The van der Waals surface area contributed by atoms with E-state index in [1.54, 1.807) is 0 Å². The SMILES string of the molecule is O=C(CCc1ccccc1Cl)N[C@H](c1ccc2c(c1)CCO2)C1CC(O)C1.